The summed E-state index contributed by atoms with van der Waals surface area (Å²) < 4.78 is 5.88. The lowest BCUT2D eigenvalue weighted by molar-refractivity contribution is -0.150. The van der Waals surface area contributed by atoms with Crippen molar-refractivity contribution in [2.45, 2.75) is 232 Å². The van der Waals surface area contributed by atoms with Gasteiger partial charge in [-0.05, 0) is 89.9 Å². The molecule has 0 aliphatic heterocycles. The van der Waals surface area contributed by atoms with Crippen LogP contribution in [0.2, 0.25) is 0 Å². The van der Waals surface area contributed by atoms with Gasteiger partial charge in [-0.15, -0.1) is 0 Å². The molecule has 0 rings (SSSR count). The molecule has 0 radical (unpaired) electrons. The highest BCUT2D eigenvalue weighted by Gasteiger charge is 2.24. The number of hydrogen-bond donors (Lipinski definition) is 3. The van der Waals surface area contributed by atoms with E-state index in [-0.39, 0.29) is 31.3 Å². The van der Waals surface area contributed by atoms with Crippen molar-refractivity contribution in [3.8, 4) is 0 Å². The lowest BCUT2D eigenvalue weighted by atomic mass is 10.0. The van der Waals surface area contributed by atoms with Crippen LogP contribution in [-0.2, 0) is 14.3 Å². The van der Waals surface area contributed by atoms with E-state index in [9.17, 15) is 19.8 Å². The number of nitrogens with one attached hydrogen (secondary N) is 1. The van der Waals surface area contributed by atoms with Crippen LogP contribution in [0.1, 0.15) is 213 Å². The van der Waals surface area contributed by atoms with Crippen LogP contribution < -0.4 is 5.32 Å². The quantitative estimate of drug-likeness (QED) is 0.0245. The second kappa shape index (κ2) is 51.2. The normalized spacial score (nSPS) is 14.2. The lowest BCUT2D eigenvalue weighted by Crippen LogP contribution is -2.46. The van der Waals surface area contributed by atoms with Crippen LogP contribution in [0.3, 0.4) is 0 Å². The minimum absolute atomic E-state index is 0.0134. The molecule has 0 saturated carbocycles. The second-order valence-electron chi connectivity index (χ2n) is 17.3. The van der Waals surface area contributed by atoms with Gasteiger partial charge in [0.2, 0.25) is 5.91 Å². The minimum atomic E-state index is -0.819. The molecule has 0 spiro atoms. The Morgan fingerprint density at radius 1 is 0.477 bits per heavy atom. The number of ether oxygens (including phenoxy) is 1. The van der Waals surface area contributed by atoms with Crippen molar-refractivity contribution in [3.05, 3.63) is 122 Å². The molecular weight excluding hydrogens is 803 g/mol. The molecule has 0 heterocycles. The molecule has 0 aromatic heterocycles. The Hall–Kier alpha value is -3.74. The molecule has 0 fully saturated rings. The van der Waals surface area contributed by atoms with Crippen LogP contribution in [0.25, 0.3) is 0 Å². The Kier molecular flexibility index (Phi) is 48.3. The van der Waals surface area contributed by atoms with Gasteiger partial charge in [-0.25, -0.2) is 0 Å². The molecule has 65 heavy (non-hydrogen) atoms. The summed E-state index contributed by atoms with van der Waals surface area (Å²) in [6.45, 7) is 6.28. The van der Waals surface area contributed by atoms with E-state index in [2.05, 4.69) is 123 Å². The van der Waals surface area contributed by atoms with E-state index in [0.717, 1.165) is 89.9 Å². The van der Waals surface area contributed by atoms with E-state index in [0.29, 0.717) is 19.3 Å². The lowest BCUT2D eigenvalue weighted by Gasteiger charge is -2.24. The van der Waals surface area contributed by atoms with E-state index >= 15 is 0 Å². The first kappa shape index (κ1) is 61.3. The summed E-state index contributed by atoms with van der Waals surface area (Å²) in [5.74, 6) is -0.624. The van der Waals surface area contributed by atoms with Gasteiger partial charge in [0.05, 0.1) is 25.2 Å². The molecule has 3 N–H and O–H groups in total. The maximum absolute atomic E-state index is 13.2. The fourth-order valence-corrected chi connectivity index (χ4v) is 7.17. The number of rotatable bonds is 45. The van der Waals surface area contributed by atoms with Crippen molar-refractivity contribution in [1.82, 2.24) is 5.32 Å². The van der Waals surface area contributed by atoms with Crippen molar-refractivity contribution in [3.63, 3.8) is 0 Å². The maximum Gasteiger partial charge on any atom is 0.306 e. The van der Waals surface area contributed by atoms with Crippen molar-refractivity contribution >= 4 is 11.9 Å². The van der Waals surface area contributed by atoms with E-state index in [1.54, 1.807) is 0 Å². The molecule has 1 amide bonds. The Morgan fingerprint density at radius 3 is 1.40 bits per heavy atom. The molecule has 368 valence electrons. The highest BCUT2D eigenvalue weighted by molar-refractivity contribution is 5.77. The third-order valence-corrected chi connectivity index (χ3v) is 11.1. The molecule has 0 saturated heterocycles. The molecule has 0 aromatic carbocycles. The zero-order valence-electron chi connectivity index (χ0n) is 41.8. The van der Waals surface area contributed by atoms with Crippen LogP contribution in [0.4, 0.5) is 0 Å². The van der Waals surface area contributed by atoms with Crippen LogP contribution in [-0.4, -0.2) is 46.9 Å². The predicted molar refractivity (Wildman–Crippen MR) is 282 cm³/mol. The summed E-state index contributed by atoms with van der Waals surface area (Å²) in [7, 11) is 0. The molecule has 6 heteroatoms. The maximum atomic E-state index is 13.2. The summed E-state index contributed by atoms with van der Waals surface area (Å²) >= 11 is 0. The van der Waals surface area contributed by atoms with Crippen molar-refractivity contribution in [2.24, 2.45) is 0 Å². The first-order valence-electron chi connectivity index (χ1n) is 26.3. The number of allylic oxidation sites excluding steroid dienone is 20. The SMILES string of the molecule is CC/C=C\C/C=C\C/C=C\C/C=C\C/C=C\C/C=C\CCC(=O)OC(CCCCC/C=C/C=C/C=C/C=C/CCCCC)CC(=O)NC(CO)C(O)CCCCCCCCCCCCC. The largest absolute Gasteiger partial charge is 0.462 e. The Labute approximate surface area is 400 Å². The minimum Gasteiger partial charge on any atom is -0.462 e. The van der Waals surface area contributed by atoms with Gasteiger partial charge in [0.25, 0.3) is 0 Å². The zero-order chi connectivity index (χ0) is 47.4. The van der Waals surface area contributed by atoms with E-state index < -0.39 is 18.2 Å². The summed E-state index contributed by atoms with van der Waals surface area (Å²) in [5, 5.41) is 23.7. The monoisotopic (exact) mass is 900 g/mol. The number of amides is 1. The first-order valence-corrected chi connectivity index (χ1v) is 26.3. The molecule has 0 aromatic rings. The number of carbonyl (C=O) groups excluding carboxylic acids is 2. The van der Waals surface area contributed by atoms with Gasteiger partial charge in [0.15, 0.2) is 0 Å². The second-order valence-corrected chi connectivity index (χ2v) is 17.3. The Morgan fingerprint density at radius 2 is 0.892 bits per heavy atom. The number of carbonyl (C=O) groups is 2. The Balaban J connectivity index is 4.82. The van der Waals surface area contributed by atoms with Crippen LogP contribution >= 0.6 is 0 Å². The summed E-state index contributed by atoms with van der Waals surface area (Å²) in [5.41, 5.74) is 0. The van der Waals surface area contributed by atoms with E-state index in [1.165, 1.54) is 70.6 Å². The summed E-state index contributed by atoms with van der Waals surface area (Å²) in [6, 6.07) is -0.738. The molecule has 0 aliphatic carbocycles. The van der Waals surface area contributed by atoms with Gasteiger partial charge < -0.3 is 20.3 Å². The average Bonchev–Trinajstić information content (AvgIpc) is 3.30. The smallest absolute Gasteiger partial charge is 0.306 e. The zero-order valence-corrected chi connectivity index (χ0v) is 41.8. The van der Waals surface area contributed by atoms with Crippen molar-refractivity contribution < 1.29 is 24.5 Å². The highest BCUT2D eigenvalue weighted by Crippen LogP contribution is 2.16. The van der Waals surface area contributed by atoms with Gasteiger partial charge >= 0.3 is 5.97 Å². The van der Waals surface area contributed by atoms with Crippen LogP contribution in [0.15, 0.2) is 122 Å². The molecule has 0 bridgehead atoms. The van der Waals surface area contributed by atoms with Gasteiger partial charge in [-0.1, -0.05) is 232 Å². The molecular formula is C59H97NO5. The number of aliphatic hydroxyl groups is 2. The third kappa shape index (κ3) is 46.6. The summed E-state index contributed by atoms with van der Waals surface area (Å²) in [6.07, 6.45) is 71.2. The van der Waals surface area contributed by atoms with E-state index in [1.807, 2.05) is 24.3 Å². The standard InChI is InChI=1S/C59H97NO5/c1-4-7-10-13-16-19-22-24-26-28-29-30-32-34-37-40-43-46-49-52-59(64)65-55(50-47-44-41-38-36-33-31-27-25-23-20-17-14-11-8-5-2)53-58(63)60-56(54-61)57(62)51-48-45-42-39-35-21-18-15-12-9-6-3/h7,10,16-17,19-20,23-27,29-31,33-34,36-37,43,46,55-57,61-62H,4-6,8-9,11-15,18,21-22,28,32,35,38-42,44-45,47-54H2,1-3H3,(H,60,63)/b10-7-,19-16-,20-17+,25-23+,26-24-,30-29-,31-27+,36-33+,37-34-,46-43-. The topological polar surface area (TPSA) is 95.9 Å². The fourth-order valence-electron chi connectivity index (χ4n) is 7.17. The van der Waals surface area contributed by atoms with Gasteiger partial charge in [0, 0.05) is 6.42 Å². The number of unbranched alkanes of at least 4 members (excludes halogenated alkanes) is 16. The van der Waals surface area contributed by atoms with Gasteiger partial charge in [0.1, 0.15) is 6.10 Å². The molecule has 3 unspecified atom stereocenters. The van der Waals surface area contributed by atoms with Crippen molar-refractivity contribution in [1.29, 1.82) is 0 Å². The first-order chi connectivity index (χ1) is 32.0. The van der Waals surface area contributed by atoms with Gasteiger partial charge in [-0.2, -0.15) is 0 Å². The highest BCUT2D eigenvalue weighted by atomic mass is 16.5. The third-order valence-electron chi connectivity index (χ3n) is 11.1. The van der Waals surface area contributed by atoms with Gasteiger partial charge in [-0.3, -0.25) is 9.59 Å². The molecule has 3 atom stereocenters. The predicted octanol–water partition coefficient (Wildman–Crippen LogP) is 16.1. The molecule has 0 aliphatic rings. The summed E-state index contributed by atoms with van der Waals surface area (Å²) in [4.78, 5) is 26.1. The van der Waals surface area contributed by atoms with Crippen LogP contribution in [0, 0.1) is 0 Å². The van der Waals surface area contributed by atoms with Crippen LogP contribution in [0.5, 0.6) is 0 Å². The number of aliphatic hydroxyl groups excluding tert-OH is 2. The Bertz CT molecular complexity index is 1380. The number of hydrogen-bond acceptors (Lipinski definition) is 5. The number of esters is 1. The van der Waals surface area contributed by atoms with E-state index in [4.69, 9.17) is 4.74 Å². The average molecular weight is 900 g/mol. The fraction of sp³-hybridized carbons (Fsp3) is 0.627. The van der Waals surface area contributed by atoms with Crippen molar-refractivity contribution in [2.75, 3.05) is 6.61 Å². The molecule has 6 nitrogen and oxygen atoms in total.